The Labute approximate surface area is 70.5 Å². The van der Waals surface area contributed by atoms with Gasteiger partial charge >= 0.3 is 5.97 Å². The van der Waals surface area contributed by atoms with Gasteiger partial charge in [-0.05, 0) is 12.8 Å². The van der Waals surface area contributed by atoms with Crippen LogP contribution in [0.25, 0.3) is 0 Å². The van der Waals surface area contributed by atoms with E-state index in [1.54, 1.807) is 0 Å². The Morgan fingerprint density at radius 1 is 1.67 bits per heavy atom. The van der Waals surface area contributed by atoms with Crippen molar-refractivity contribution >= 4 is 11.8 Å². The Bertz CT molecular complexity index is 199. The number of ketones is 1. The van der Waals surface area contributed by atoms with Crippen molar-refractivity contribution in [1.29, 1.82) is 0 Å². The number of carbonyl (C=O) groups is 2. The summed E-state index contributed by atoms with van der Waals surface area (Å²) in [6.45, 7) is 1.23. The molecule has 0 heterocycles. The molecule has 0 bridgehead atoms. The van der Waals surface area contributed by atoms with E-state index in [0.29, 0.717) is 19.3 Å². The zero-order valence-corrected chi connectivity index (χ0v) is 6.95. The summed E-state index contributed by atoms with van der Waals surface area (Å²) in [5, 5.41) is 9.29. The van der Waals surface area contributed by atoms with Gasteiger partial charge in [-0.3, -0.25) is 9.59 Å². The number of ether oxygens (including phenoxy) is 1. The summed E-state index contributed by atoms with van der Waals surface area (Å²) in [5.41, 5.74) is 0. The minimum Gasteiger partial charge on any atom is -0.452 e. The van der Waals surface area contributed by atoms with Gasteiger partial charge in [0.2, 0.25) is 0 Å². The first-order chi connectivity index (χ1) is 5.61. The highest BCUT2D eigenvalue weighted by Gasteiger charge is 2.32. The molecule has 1 fully saturated rings. The average Bonchev–Trinajstić information content (AvgIpc) is 1.97. The summed E-state index contributed by atoms with van der Waals surface area (Å²) in [5.74, 6) is -0.696. The predicted octanol–water partition coefficient (Wildman–Crippen LogP) is 0.0320. The molecular formula is C8H12O4. The summed E-state index contributed by atoms with van der Waals surface area (Å²) in [6.07, 6.45) is -0.123. The first-order valence-corrected chi connectivity index (χ1v) is 3.99. The van der Waals surface area contributed by atoms with Gasteiger partial charge in [-0.1, -0.05) is 0 Å². The Hall–Kier alpha value is -0.900. The third-order valence-corrected chi connectivity index (χ3v) is 1.88. The topological polar surface area (TPSA) is 63.6 Å². The van der Waals surface area contributed by atoms with Crippen molar-refractivity contribution in [2.24, 2.45) is 0 Å². The standard InChI is InChI=1S/C8H12O4/c1-5(9)12-8-6(10)3-2-4-7(8)11/h6,8,10H,2-4H2,1H3. The maximum Gasteiger partial charge on any atom is 0.303 e. The van der Waals surface area contributed by atoms with E-state index in [1.807, 2.05) is 0 Å². The fourth-order valence-electron chi connectivity index (χ4n) is 1.32. The molecule has 0 aromatic carbocycles. The molecule has 0 aliphatic heterocycles. The molecule has 0 radical (unpaired) electrons. The van der Waals surface area contributed by atoms with Crippen molar-refractivity contribution in [3.8, 4) is 0 Å². The van der Waals surface area contributed by atoms with E-state index in [-0.39, 0.29) is 5.78 Å². The van der Waals surface area contributed by atoms with Crippen molar-refractivity contribution in [3.63, 3.8) is 0 Å². The number of aliphatic hydroxyl groups excluding tert-OH is 1. The largest absolute Gasteiger partial charge is 0.452 e. The highest BCUT2D eigenvalue weighted by molar-refractivity contribution is 5.86. The third kappa shape index (κ3) is 2.04. The second-order valence-corrected chi connectivity index (χ2v) is 2.96. The van der Waals surface area contributed by atoms with Crippen molar-refractivity contribution < 1.29 is 19.4 Å². The van der Waals surface area contributed by atoms with Gasteiger partial charge in [0.1, 0.15) is 0 Å². The minimum atomic E-state index is -0.920. The third-order valence-electron chi connectivity index (χ3n) is 1.88. The highest BCUT2D eigenvalue weighted by Crippen LogP contribution is 2.18. The molecule has 68 valence electrons. The van der Waals surface area contributed by atoms with Crippen molar-refractivity contribution in [2.75, 3.05) is 0 Å². The number of Topliss-reactive ketones (excluding diaryl/α,β-unsaturated/α-hetero) is 1. The van der Waals surface area contributed by atoms with Crippen LogP contribution in [0.2, 0.25) is 0 Å². The van der Waals surface area contributed by atoms with Crippen molar-refractivity contribution in [2.45, 2.75) is 38.4 Å². The summed E-state index contributed by atoms with van der Waals surface area (Å²) < 4.78 is 4.68. The van der Waals surface area contributed by atoms with Crippen LogP contribution in [0.3, 0.4) is 0 Å². The number of hydrogen-bond donors (Lipinski definition) is 1. The van der Waals surface area contributed by atoms with Crippen molar-refractivity contribution in [3.05, 3.63) is 0 Å². The Morgan fingerprint density at radius 3 is 2.83 bits per heavy atom. The van der Waals surface area contributed by atoms with Gasteiger partial charge in [0.05, 0.1) is 6.10 Å². The molecule has 1 rings (SSSR count). The number of rotatable bonds is 1. The van der Waals surface area contributed by atoms with Crippen LogP contribution in [0.15, 0.2) is 0 Å². The second-order valence-electron chi connectivity index (χ2n) is 2.96. The molecule has 2 unspecified atom stereocenters. The van der Waals surface area contributed by atoms with E-state index in [2.05, 4.69) is 4.74 Å². The summed E-state index contributed by atoms with van der Waals surface area (Å²) in [7, 11) is 0. The lowest BCUT2D eigenvalue weighted by Gasteiger charge is -2.25. The fraction of sp³-hybridized carbons (Fsp3) is 0.750. The lowest BCUT2D eigenvalue weighted by molar-refractivity contribution is -0.162. The molecule has 1 saturated carbocycles. The van der Waals surface area contributed by atoms with Crippen LogP contribution >= 0.6 is 0 Å². The van der Waals surface area contributed by atoms with E-state index in [4.69, 9.17) is 0 Å². The van der Waals surface area contributed by atoms with Gasteiger partial charge < -0.3 is 9.84 Å². The van der Waals surface area contributed by atoms with Crippen LogP contribution < -0.4 is 0 Å². The molecule has 12 heavy (non-hydrogen) atoms. The molecule has 2 atom stereocenters. The van der Waals surface area contributed by atoms with Gasteiger partial charge in [-0.15, -0.1) is 0 Å². The summed E-state index contributed by atoms with van der Waals surface area (Å²) >= 11 is 0. The number of esters is 1. The molecular weight excluding hydrogens is 160 g/mol. The maximum atomic E-state index is 11.1. The van der Waals surface area contributed by atoms with E-state index in [0.717, 1.165) is 0 Å². The number of hydrogen-bond acceptors (Lipinski definition) is 4. The Kier molecular flexibility index (Phi) is 2.81. The fourth-order valence-corrected chi connectivity index (χ4v) is 1.32. The van der Waals surface area contributed by atoms with Crippen molar-refractivity contribution in [1.82, 2.24) is 0 Å². The van der Waals surface area contributed by atoms with Gasteiger partial charge in [0.15, 0.2) is 11.9 Å². The second kappa shape index (κ2) is 3.67. The van der Waals surface area contributed by atoms with Gasteiger partial charge in [0.25, 0.3) is 0 Å². The smallest absolute Gasteiger partial charge is 0.303 e. The van der Waals surface area contributed by atoms with Crippen LogP contribution in [0.4, 0.5) is 0 Å². The van der Waals surface area contributed by atoms with Gasteiger partial charge in [0, 0.05) is 13.3 Å². The highest BCUT2D eigenvalue weighted by atomic mass is 16.6. The quantitative estimate of drug-likeness (QED) is 0.567. The molecule has 0 aromatic heterocycles. The maximum absolute atomic E-state index is 11.1. The molecule has 1 aliphatic carbocycles. The van der Waals surface area contributed by atoms with E-state index in [1.165, 1.54) is 6.92 Å². The normalized spacial score (nSPS) is 30.0. The molecule has 0 spiro atoms. The van der Waals surface area contributed by atoms with Crippen LogP contribution in [-0.2, 0) is 14.3 Å². The molecule has 4 heteroatoms. The van der Waals surface area contributed by atoms with Gasteiger partial charge in [-0.25, -0.2) is 0 Å². The lowest BCUT2D eigenvalue weighted by Crippen LogP contribution is -2.41. The van der Waals surface area contributed by atoms with E-state index in [9.17, 15) is 14.7 Å². The first kappa shape index (κ1) is 9.19. The predicted molar refractivity (Wildman–Crippen MR) is 40.4 cm³/mol. The first-order valence-electron chi connectivity index (χ1n) is 3.99. The van der Waals surface area contributed by atoms with E-state index < -0.39 is 18.2 Å². The molecule has 1 aliphatic rings. The monoisotopic (exact) mass is 172 g/mol. The van der Waals surface area contributed by atoms with E-state index >= 15 is 0 Å². The van der Waals surface area contributed by atoms with Gasteiger partial charge in [-0.2, -0.15) is 0 Å². The molecule has 0 aromatic rings. The van der Waals surface area contributed by atoms with Crippen LogP contribution in [-0.4, -0.2) is 29.1 Å². The molecule has 0 saturated heterocycles. The summed E-state index contributed by atoms with van der Waals surface area (Å²) in [6, 6.07) is 0. The number of aliphatic hydroxyl groups is 1. The Balaban J connectivity index is 2.57. The molecule has 1 N–H and O–H groups in total. The minimum absolute atomic E-state index is 0.177. The molecule has 4 nitrogen and oxygen atoms in total. The Morgan fingerprint density at radius 2 is 2.33 bits per heavy atom. The number of carbonyl (C=O) groups excluding carboxylic acids is 2. The zero-order valence-electron chi connectivity index (χ0n) is 6.95. The van der Waals surface area contributed by atoms with Crippen LogP contribution in [0, 0.1) is 0 Å². The lowest BCUT2D eigenvalue weighted by atomic mass is 9.93. The summed E-state index contributed by atoms with van der Waals surface area (Å²) in [4.78, 5) is 21.6. The molecule has 0 amide bonds. The average molecular weight is 172 g/mol. The SMILES string of the molecule is CC(=O)OC1C(=O)CCCC1O. The zero-order chi connectivity index (χ0) is 9.14. The van der Waals surface area contributed by atoms with Crippen LogP contribution in [0.5, 0.6) is 0 Å². The van der Waals surface area contributed by atoms with Crippen LogP contribution in [0.1, 0.15) is 26.2 Å².